The van der Waals surface area contributed by atoms with E-state index in [1.165, 1.54) is 18.2 Å². The van der Waals surface area contributed by atoms with E-state index in [0.717, 1.165) is 0 Å². The first-order valence-corrected chi connectivity index (χ1v) is 2.93. The van der Waals surface area contributed by atoms with Gasteiger partial charge in [0.2, 0.25) is 0 Å². The van der Waals surface area contributed by atoms with E-state index in [4.69, 9.17) is 17.1 Å². The van der Waals surface area contributed by atoms with Gasteiger partial charge in [0.1, 0.15) is 0 Å². The van der Waals surface area contributed by atoms with Crippen LogP contribution in [0.2, 0.25) is 0 Å². The van der Waals surface area contributed by atoms with E-state index in [-0.39, 0.29) is 11.5 Å². The minimum atomic E-state index is -0.380. The zero-order chi connectivity index (χ0) is 7.56. The lowest BCUT2D eigenvalue weighted by Gasteiger charge is -1.91. The molecule has 0 aromatic heterocycles. The SMILES string of the molecule is [N-]=[N+]=C1C=CC(Cl)=CC1=O. The lowest BCUT2D eigenvalue weighted by molar-refractivity contribution is -0.112. The molecule has 1 rings (SSSR count). The van der Waals surface area contributed by atoms with Crippen molar-refractivity contribution >= 4 is 23.1 Å². The van der Waals surface area contributed by atoms with E-state index in [9.17, 15) is 4.79 Å². The third kappa shape index (κ3) is 1.21. The molecule has 0 saturated carbocycles. The van der Waals surface area contributed by atoms with Crippen LogP contribution in [0.5, 0.6) is 0 Å². The number of hydrogen-bond donors (Lipinski definition) is 0. The maximum absolute atomic E-state index is 10.7. The Hall–Kier alpha value is -1.18. The second-order valence-corrected chi connectivity index (χ2v) is 2.15. The number of carbonyl (C=O) groups is 1. The molecule has 4 heteroatoms. The van der Waals surface area contributed by atoms with Crippen molar-refractivity contribution in [3.8, 4) is 0 Å². The summed E-state index contributed by atoms with van der Waals surface area (Å²) in [6, 6.07) is 0. The molecule has 0 aromatic carbocycles. The fourth-order valence-corrected chi connectivity index (χ4v) is 0.733. The number of ketones is 1. The van der Waals surface area contributed by atoms with Gasteiger partial charge in [0.25, 0.3) is 5.78 Å². The predicted octanol–water partition coefficient (Wildman–Crippen LogP) is 0.919. The monoisotopic (exact) mass is 154 g/mol. The zero-order valence-electron chi connectivity index (χ0n) is 4.91. The van der Waals surface area contributed by atoms with Crippen LogP contribution in [-0.2, 0) is 4.79 Å². The predicted molar refractivity (Wildman–Crippen MR) is 36.7 cm³/mol. The van der Waals surface area contributed by atoms with Crippen LogP contribution in [0.4, 0.5) is 0 Å². The average Bonchev–Trinajstić information content (AvgIpc) is 1.88. The Balaban J connectivity index is 3.07. The molecule has 0 heterocycles. The van der Waals surface area contributed by atoms with Gasteiger partial charge in [-0.3, -0.25) is 4.79 Å². The van der Waals surface area contributed by atoms with E-state index >= 15 is 0 Å². The molecule has 0 saturated heterocycles. The van der Waals surface area contributed by atoms with Gasteiger partial charge in [-0.2, -0.15) is 4.79 Å². The maximum Gasteiger partial charge on any atom is 0.362 e. The Morgan fingerprint density at radius 2 is 2.20 bits per heavy atom. The molecular weight excluding hydrogens is 152 g/mol. The third-order valence-electron chi connectivity index (χ3n) is 1.03. The van der Waals surface area contributed by atoms with Crippen LogP contribution in [0.25, 0.3) is 5.53 Å². The van der Waals surface area contributed by atoms with E-state index in [2.05, 4.69) is 4.79 Å². The number of carbonyl (C=O) groups excluding carboxylic acids is 1. The lowest BCUT2D eigenvalue weighted by atomic mass is 10.1. The van der Waals surface area contributed by atoms with Crippen molar-refractivity contribution in [2.24, 2.45) is 0 Å². The van der Waals surface area contributed by atoms with Gasteiger partial charge in [-0.05, 0) is 6.08 Å². The number of rotatable bonds is 0. The molecule has 0 amide bonds. The van der Waals surface area contributed by atoms with Crippen molar-refractivity contribution < 1.29 is 9.58 Å². The Morgan fingerprint density at radius 3 is 2.70 bits per heavy atom. The Kier molecular flexibility index (Phi) is 1.81. The largest absolute Gasteiger partial charge is 0.362 e. The standard InChI is InChI=1S/C6H3ClN2O/c7-4-1-2-5(9-8)6(10)3-4/h1-3H. The van der Waals surface area contributed by atoms with Crippen molar-refractivity contribution in [3.05, 3.63) is 28.8 Å². The van der Waals surface area contributed by atoms with Crippen LogP contribution in [0.3, 0.4) is 0 Å². The van der Waals surface area contributed by atoms with Crippen molar-refractivity contribution in [2.75, 3.05) is 0 Å². The number of allylic oxidation sites excluding steroid dienone is 4. The quantitative estimate of drug-likeness (QED) is 0.291. The smallest absolute Gasteiger partial charge is 0.361 e. The number of nitrogens with zero attached hydrogens (tertiary/aromatic N) is 2. The minimum absolute atomic E-state index is 0.00407. The highest BCUT2D eigenvalue weighted by atomic mass is 35.5. The highest BCUT2D eigenvalue weighted by Gasteiger charge is 2.17. The normalized spacial score (nSPS) is 16.7. The van der Waals surface area contributed by atoms with Gasteiger partial charge < -0.3 is 5.53 Å². The molecule has 1 aliphatic carbocycles. The summed E-state index contributed by atoms with van der Waals surface area (Å²) in [4.78, 5) is 13.5. The molecule has 10 heavy (non-hydrogen) atoms. The molecular formula is C6H3ClN2O. The van der Waals surface area contributed by atoms with Crippen molar-refractivity contribution in [2.45, 2.75) is 0 Å². The van der Waals surface area contributed by atoms with Crippen LogP contribution in [0.1, 0.15) is 0 Å². The zero-order valence-corrected chi connectivity index (χ0v) is 5.67. The molecule has 0 spiro atoms. The highest BCUT2D eigenvalue weighted by Crippen LogP contribution is 2.07. The average molecular weight is 155 g/mol. The van der Waals surface area contributed by atoms with Crippen LogP contribution in [-0.4, -0.2) is 16.3 Å². The van der Waals surface area contributed by atoms with Gasteiger partial charge in [0.15, 0.2) is 0 Å². The van der Waals surface area contributed by atoms with Crippen molar-refractivity contribution in [1.29, 1.82) is 0 Å². The van der Waals surface area contributed by atoms with Crippen LogP contribution in [0, 0.1) is 0 Å². The molecule has 0 fully saturated rings. The number of halogens is 1. The minimum Gasteiger partial charge on any atom is -0.361 e. The molecule has 0 N–H and O–H groups in total. The first-order valence-electron chi connectivity index (χ1n) is 2.55. The van der Waals surface area contributed by atoms with Gasteiger partial charge in [-0.1, -0.05) is 11.6 Å². The van der Waals surface area contributed by atoms with Crippen molar-refractivity contribution in [1.82, 2.24) is 0 Å². The Morgan fingerprint density at radius 1 is 1.50 bits per heavy atom. The summed E-state index contributed by atoms with van der Waals surface area (Å²) in [5.41, 5.74) is 8.20. The molecule has 1 aliphatic rings. The second-order valence-electron chi connectivity index (χ2n) is 1.71. The molecule has 0 radical (unpaired) electrons. The molecule has 0 aliphatic heterocycles. The first-order chi connectivity index (χ1) is 4.74. The van der Waals surface area contributed by atoms with Crippen molar-refractivity contribution in [3.63, 3.8) is 0 Å². The fourth-order valence-electron chi connectivity index (χ4n) is 0.571. The highest BCUT2D eigenvalue weighted by molar-refractivity contribution is 6.49. The fraction of sp³-hybridized carbons (Fsp3) is 0. The molecule has 0 aromatic rings. The summed E-state index contributed by atoms with van der Waals surface area (Å²) in [6.07, 6.45) is 4.03. The topological polar surface area (TPSA) is 53.5 Å². The van der Waals surface area contributed by atoms with Gasteiger partial charge >= 0.3 is 5.71 Å². The van der Waals surface area contributed by atoms with Gasteiger partial charge in [-0.25, -0.2) is 0 Å². The van der Waals surface area contributed by atoms with Gasteiger partial charge in [0.05, 0.1) is 0 Å². The summed E-state index contributed by atoms with van der Waals surface area (Å²) >= 11 is 5.45. The second kappa shape index (κ2) is 2.60. The molecule has 0 atom stereocenters. The summed E-state index contributed by atoms with van der Waals surface area (Å²) in [6.45, 7) is 0. The van der Waals surface area contributed by atoms with Crippen LogP contribution < -0.4 is 0 Å². The molecule has 0 unspecified atom stereocenters. The molecule has 3 nitrogen and oxygen atoms in total. The van der Waals surface area contributed by atoms with Crippen LogP contribution in [0.15, 0.2) is 23.3 Å². The maximum atomic E-state index is 10.7. The van der Waals surface area contributed by atoms with Gasteiger partial charge in [-0.15, -0.1) is 0 Å². The summed E-state index contributed by atoms with van der Waals surface area (Å²) < 4.78 is 0. The van der Waals surface area contributed by atoms with E-state index in [0.29, 0.717) is 5.03 Å². The van der Waals surface area contributed by atoms with E-state index in [1.807, 2.05) is 0 Å². The molecule has 50 valence electrons. The van der Waals surface area contributed by atoms with Crippen LogP contribution >= 0.6 is 11.6 Å². The molecule has 0 bridgehead atoms. The summed E-state index contributed by atoms with van der Waals surface area (Å²) in [5.74, 6) is -0.380. The lowest BCUT2D eigenvalue weighted by Crippen LogP contribution is -2.12. The van der Waals surface area contributed by atoms with E-state index in [1.54, 1.807) is 0 Å². The summed E-state index contributed by atoms with van der Waals surface area (Å²) in [7, 11) is 0. The Labute approximate surface area is 62.2 Å². The Bertz CT molecular complexity index is 284. The van der Waals surface area contributed by atoms with E-state index < -0.39 is 0 Å². The first kappa shape index (κ1) is 6.93. The summed E-state index contributed by atoms with van der Waals surface area (Å²) in [5, 5.41) is 0.345. The number of hydrogen-bond acceptors (Lipinski definition) is 1. The van der Waals surface area contributed by atoms with Gasteiger partial charge in [0, 0.05) is 17.2 Å². The third-order valence-corrected chi connectivity index (χ3v) is 1.26.